The molecule has 0 amide bonds. The summed E-state index contributed by atoms with van der Waals surface area (Å²) in [6.07, 6.45) is 6.41. The molecule has 4 aromatic rings. The third-order valence-electron chi connectivity index (χ3n) is 8.29. The number of benzene rings is 2. The SMILES string of the molecule is C=CC1C(CCOC)c2c3c(nc4ccccc24)C(C)(C)c2cc(CC(C)(C)C)cc4cc[n+]1c-3c24. The van der Waals surface area contributed by atoms with Gasteiger partial charge in [0.25, 0.3) is 0 Å². The molecule has 184 valence electrons. The fourth-order valence-electron chi connectivity index (χ4n) is 6.84. The zero-order valence-corrected chi connectivity index (χ0v) is 22.5. The van der Waals surface area contributed by atoms with E-state index in [0.717, 1.165) is 18.4 Å². The molecule has 0 N–H and O–H groups in total. The first-order valence-electron chi connectivity index (χ1n) is 13.2. The molecular formula is C33H37N2O+. The number of methoxy groups -OCH3 is 1. The highest BCUT2D eigenvalue weighted by Gasteiger charge is 2.48. The van der Waals surface area contributed by atoms with E-state index in [1.807, 2.05) is 0 Å². The van der Waals surface area contributed by atoms with Crippen molar-refractivity contribution in [3.8, 4) is 11.3 Å². The Hall–Kier alpha value is -3.04. The maximum atomic E-state index is 5.60. The summed E-state index contributed by atoms with van der Waals surface area (Å²) in [5, 5.41) is 3.97. The highest BCUT2D eigenvalue weighted by atomic mass is 16.5. The van der Waals surface area contributed by atoms with Gasteiger partial charge < -0.3 is 4.74 Å². The molecule has 0 spiro atoms. The Bertz CT molecular complexity index is 1540. The maximum absolute atomic E-state index is 5.60. The van der Waals surface area contributed by atoms with E-state index in [4.69, 9.17) is 9.72 Å². The van der Waals surface area contributed by atoms with Gasteiger partial charge in [0.1, 0.15) is 0 Å². The van der Waals surface area contributed by atoms with Crippen molar-refractivity contribution in [3.05, 3.63) is 83.7 Å². The van der Waals surface area contributed by atoms with Gasteiger partial charge in [0.15, 0.2) is 12.2 Å². The topological polar surface area (TPSA) is 26.0 Å². The molecule has 1 aliphatic carbocycles. The number of hydrogen-bond acceptors (Lipinski definition) is 2. The summed E-state index contributed by atoms with van der Waals surface area (Å²) in [5.74, 6) is 0.275. The van der Waals surface area contributed by atoms with E-state index in [1.54, 1.807) is 7.11 Å². The smallest absolute Gasteiger partial charge is 0.223 e. The summed E-state index contributed by atoms with van der Waals surface area (Å²) in [5.41, 5.74) is 9.16. The molecule has 2 unspecified atom stereocenters. The van der Waals surface area contributed by atoms with E-state index >= 15 is 0 Å². The van der Waals surface area contributed by atoms with Gasteiger partial charge in [-0.3, -0.25) is 4.98 Å². The second-order valence-electron chi connectivity index (χ2n) is 12.4. The highest BCUT2D eigenvalue weighted by molar-refractivity contribution is 6.04. The lowest BCUT2D eigenvalue weighted by atomic mass is 9.66. The molecule has 3 nitrogen and oxygen atoms in total. The van der Waals surface area contributed by atoms with E-state index in [0.29, 0.717) is 6.61 Å². The van der Waals surface area contributed by atoms with Crippen LogP contribution in [0.2, 0.25) is 0 Å². The molecule has 1 aliphatic heterocycles. The fourth-order valence-corrected chi connectivity index (χ4v) is 6.84. The minimum absolute atomic E-state index is 0.161. The minimum atomic E-state index is -0.209. The molecule has 3 heterocycles. The van der Waals surface area contributed by atoms with Crippen LogP contribution in [0.25, 0.3) is 32.9 Å². The predicted octanol–water partition coefficient (Wildman–Crippen LogP) is 7.43. The Morgan fingerprint density at radius 2 is 1.92 bits per heavy atom. The molecule has 0 fully saturated rings. The quantitative estimate of drug-likeness (QED) is 0.221. The van der Waals surface area contributed by atoms with Gasteiger partial charge >= 0.3 is 0 Å². The molecule has 2 aromatic carbocycles. The number of ether oxygens (including phenoxy) is 1. The number of aromatic nitrogens is 2. The van der Waals surface area contributed by atoms with Gasteiger partial charge in [0, 0.05) is 30.6 Å². The molecular weight excluding hydrogens is 440 g/mol. The summed E-state index contributed by atoms with van der Waals surface area (Å²) >= 11 is 0. The van der Waals surface area contributed by atoms with Crippen LogP contribution >= 0.6 is 0 Å². The lowest BCUT2D eigenvalue weighted by Crippen LogP contribution is -2.49. The molecule has 3 heteroatoms. The van der Waals surface area contributed by atoms with Gasteiger partial charge in [-0.05, 0) is 52.5 Å². The van der Waals surface area contributed by atoms with Crippen molar-refractivity contribution < 1.29 is 9.30 Å². The predicted molar refractivity (Wildman–Crippen MR) is 149 cm³/mol. The van der Waals surface area contributed by atoms with Gasteiger partial charge in [0.05, 0.1) is 28.1 Å². The molecule has 2 atom stereocenters. The van der Waals surface area contributed by atoms with Gasteiger partial charge in [-0.1, -0.05) is 71.5 Å². The lowest BCUT2D eigenvalue weighted by molar-refractivity contribution is -0.706. The molecule has 2 aliphatic rings. The summed E-state index contributed by atoms with van der Waals surface area (Å²) in [6.45, 7) is 16.7. The van der Waals surface area contributed by atoms with Gasteiger partial charge in [-0.2, -0.15) is 4.57 Å². The first-order chi connectivity index (χ1) is 17.2. The number of allylic oxidation sites excluding steroid dienone is 1. The molecule has 2 aromatic heterocycles. The van der Waals surface area contributed by atoms with E-state index in [-0.39, 0.29) is 22.8 Å². The van der Waals surface area contributed by atoms with Crippen LogP contribution in [0, 0.1) is 5.41 Å². The normalized spacial score (nSPS) is 19.6. The van der Waals surface area contributed by atoms with Crippen molar-refractivity contribution in [3.63, 3.8) is 0 Å². The largest absolute Gasteiger partial charge is 0.385 e. The number of rotatable bonds is 5. The van der Waals surface area contributed by atoms with Crippen LogP contribution in [0.15, 0.2) is 61.3 Å². The van der Waals surface area contributed by atoms with Gasteiger partial charge in [-0.15, -0.1) is 0 Å². The summed E-state index contributed by atoms with van der Waals surface area (Å²) in [4.78, 5) is 5.39. The van der Waals surface area contributed by atoms with Crippen LogP contribution in [0.5, 0.6) is 0 Å². The Morgan fingerprint density at radius 1 is 1.14 bits per heavy atom. The summed E-state index contributed by atoms with van der Waals surface area (Å²) < 4.78 is 8.07. The number of fused-ring (bicyclic) bond motifs is 2. The van der Waals surface area contributed by atoms with Crippen molar-refractivity contribution in [1.29, 1.82) is 0 Å². The van der Waals surface area contributed by atoms with Crippen molar-refractivity contribution in [2.24, 2.45) is 5.41 Å². The minimum Gasteiger partial charge on any atom is -0.385 e. The molecule has 0 radical (unpaired) electrons. The Labute approximate surface area is 214 Å². The summed E-state index contributed by atoms with van der Waals surface area (Å²) in [6, 6.07) is 16.0. The Morgan fingerprint density at radius 3 is 2.64 bits per heavy atom. The van der Waals surface area contributed by atoms with Crippen molar-refractivity contribution in [2.45, 2.75) is 64.8 Å². The Kier molecular flexibility index (Phi) is 5.18. The number of para-hydroxylation sites is 1. The molecule has 0 saturated carbocycles. The van der Waals surface area contributed by atoms with E-state index < -0.39 is 0 Å². The number of pyridine rings is 2. The van der Waals surface area contributed by atoms with Crippen LogP contribution in [0.3, 0.4) is 0 Å². The van der Waals surface area contributed by atoms with Gasteiger partial charge in [0.2, 0.25) is 5.69 Å². The van der Waals surface area contributed by atoms with Crippen LogP contribution in [-0.2, 0) is 16.6 Å². The van der Waals surface area contributed by atoms with Crippen LogP contribution in [-0.4, -0.2) is 18.7 Å². The average molecular weight is 478 g/mol. The first kappa shape index (κ1) is 23.4. The highest BCUT2D eigenvalue weighted by Crippen LogP contribution is 2.54. The zero-order chi connectivity index (χ0) is 25.4. The first-order valence-corrected chi connectivity index (χ1v) is 13.2. The van der Waals surface area contributed by atoms with Crippen molar-refractivity contribution >= 4 is 21.7 Å². The molecule has 6 rings (SSSR count). The van der Waals surface area contributed by atoms with Crippen molar-refractivity contribution in [1.82, 2.24) is 4.98 Å². The maximum Gasteiger partial charge on any atom is 0.223 e. The summed E-state index contributed by atoms with van der Waals surface area (Å²) in [7, 11) is 1.80. The van der Waals surface area contributed by atoms with E-state index in [1.165, 1.54) is 49.8 Å². The van der Waals surface area contributed by atoms with E-state index in [9.17, 15) is 0 Å². The number of nitrogens with zero attached hydrogens (tertiary/aromatic N) is 2. The third kappa shape index (κ3) is 3.29. The molecule has 36 heavy (non-hydrogen) atoms. The second-order valence-corrected chi connectivity index (χ2v) is 12.4. The second kappa shape index (κ2) is 7.98. The van der Waals surface area contributed by atoms with Crippen molar-refractivity contribution in [2.75, 3.05) is 13.7 Å². The van der Waals surface area contributed by atoms with Gasteiger partial charge in [-0.25, -0.2) is 0 Å². The molecule has 0 bridgehead atoms. The van der Waals surface area contributed by atoms with Crippen LogP contribution in [0.4, 0.5) is 0 Å². The van der Waals surface area contributed by atoms with Crippen LogP contribution in [0.1, 0.15) is 75.4 Å². The number of hydrogen-bond donors (Lipinski definition) is 0. The van der Waals surface area contributed by atoms with E-state index in [2.05, 4.69) is 101 Å². The fraction of sp³-hybridized carbons (Fsp3) is 0.394. The monoisotopic (exact) mass is 477 g/mol. The third-order valence-corrected chi connectivity index (χ3v) is 8.29. The van der Waals surface area contributed by atoms with Crippen LogP contribution < -0.4 is 4.57 Å². The Balaban J connectivity index is 1.78. The zero-order valence-electron chi connectivity index (χ0n) is 22.5. The average Bonchev–Trinajstić information content (AvgIpc) is 2.83. The lowest BCUT2D eigenvalue weighted by Gasteiger charge is -2.39. The molecule has 0 saturated heterocycles. The standard InChI is InChI=1S/C33H37N2O/c1-8-26-23(14-16-36-7)28-22-11-9-10-12-25(22)34-31-29(28)30-27-21(13-15-35(26)30)17-20(19-32(2,3)4)18-24(27)33(31,5)6/h8-13,15,17-18,23,26H,1,14,16,19H2,2-7H3/q+1.